The molecule has 0 spiro atoms. The summed E-state index contributed by atoms with van der Waals surface area (Å²) in [7, 11) is 0. The molecule has 3 rings (SSSR count). The molecule has 0 saturated carbocycles. The maximum atomic E-state index is 9.95. The summed E-state index contributed by atoms with van der Waals surface area (Å²) in [5.74, 6) is 0.488. The predicted molar refractivity (Wildman–Crippen MR) is 74.0 cm³/mol. The number of fused-ring (bicyclic) bond motifs is 1. The first-order chi connectivity index (χ1) is 8.84. The SMILES string of the molecule is Oc1ccc(Cc2ccccc2)c2c1CCCC2. The molecular weight excluding hydrogens is 220 g/mol. The van der Waals surface area contributed by atoms with E-state index in [2.05, 4.69) is 36.4 Å². The first kappa shape index (κ1) is 11.3. The van der Waals surface area contributed by atoms with Crippen molar-refractivity contribution < 1.29 is 5.11 Å². The van der Waals surface area contributed by atoms with Crippen LogP contribution in [-0.2, 0) is 19.3 Å². The largest absolute Gasteiger partial charge is 0.508 e. The van der Waals surface area contributed by atoms with Crippen LogP contribution in [0.5, 0.6) is 5.75 Å². The van der Waals surface area contributed by atoms with E-state index in [1.54, 1.807) is 0 Å². The molecule has 0 radical (unpaired) electrons. The molecule has 1 heteroatoms. The van der Waals surface area contributed by atoms with Gasteiger partial charge in [-0.05, 0) is 60.4 Å². The van der Waals surface area contributed by atoms with Crippen LogP contribution in [0.15, 0.2) is 42.5 Å². The van der Waals surface area contributed by atoms with E-state index in [0.29, 0.717) is 5.75 Å². The van der Waals surface area contributed by atoms with Crippen LogP contribution in [0.3, 0.4) is 0 Å². The summed E-state index contributed by atoms with van der Waals surface area (Å²) in [6.45, 7) is 0. The second-order valence-electron chi connectivity index (χ2n) is 5.07. The molecule has 0 amide bonds. The van der Waals surface area contributed by atoms with Crippen molar-refractivity contribution in [3.63, 3.8) is 0 Å². The molecule has 1 N–H and O–H groups in total. The minimum absolute atomic E-state index is 0.488. The molecule has 2 aromatic carbocycles. The third-order valence-electron chi connectivity index (χ3n) is 3.84. The van der Waals surface area contributed by atoms with E-state index < -0.39 is 0 Å². The highest BCUT2D eigenvalue weighted by molar-refractivity contribution is 5.47. The van der Waals surface area contributed by atoms with Gasteiger partial charge in [-0.25, -0.2) is 0 Å². The molecule has 1 aliphatic carbocycles. The number of hydrogen-bond acceptors (Lipinski definition) is 1. The van der Waals surface area contributed by atoms with Crippen molar-refractivity contribution in [2.45, 2.75) is 32.1 Å². The topological polar surface area (TPSA) is 20.2 Å². The monoisotopic (exact) mass is 238 g/mol. The van der Waals surface area contributed by atoms with Crippen molar-refractivity contribution >= 4 is 0 Å². The fourth-order valence-corrected chi connectivity index (χ4v) is 2.90. The smallest absolute Gasteiger partial charge is 0.119 e. The number of hydrogen-bond donors (Lipinski definition) is 1. The Bertz CT molecular complexity index is 543. The quantitative estimate of drug-likeness (QED) is 0.842. The van der Waals surface area contributed by atoms with Crippen molar-refractivity contribution in [2.75, 3.05) is 0 Å². The third kappa shape index (κ3) is 2.13. The molecule has 0 aliphatic heterocycles. The zero-order chi connectivity index (χ0) is 12.4. The molecule has 1 aliphatic rings. The Morgan fingerprint density at radius 2 is 1.56 bits per heavy atom. The van der Waals surface area contributed by atoms with Gasteiger partial charge in [0.05, 0.1) is 0 Å². The molecule has 18 heavy (non-hydrogen) atoms. The molecule has 0 saturated heterocycles. The van der Waals surface area contributed by atoms with Crippen LogP contribution in [0.25, 0.3) is 0 Å². The molecular formula is C17H18O. The van der Waals surface area contributed by atoms with E-state index >= 15 is 0 Å². The molecule has 0 unspecified atom stereocenters. The Labute approximate surface area is 108 Å². The van der Waals surface area contributed by atoms with Gasteiger partial charge in [0.25, 0.3) is 0 Å². The lowest BCUT2D eigenvalue weighted by atomic mass is 9.85. The summed E-state index contributed by atoms with van der Waals surface area (Å²) in [4.78, 5) is 0. The van der Waals surface area contributed by atoms with Gasteiger partial charge in [0, 0.05) is 0 Å². The van der Waals surface area contributed by atoms with Gasteiger partial charge in [0.15, 0.2) is 0 Å². The lowest BCUT2D eigenvalue weighted by Crippen LogP contribution is -2.07. The minimum Gasteiger partial charge on any atom is -0.508 e. The highest BCUT2D eigenvalue weighted by Gasteiger charge is 2.16. The number of benzene rings is 2. The van der Waals surface area contributed by atoms with Gasteiger partial charge >= 0.3 is 0 Å². The highest BCUT2D eigenvalue weighted by Crippen LogP contribution is 2.32. The summed E-state index contributed by atoms with van der Waals surface area (Å²) in [6.07, 6.45) is 5.58. The number of rotatable bonds is 2. The van der Waals surface area contributed by atoms with Crippen LogP contribution in [0.4, 0.5) is 0 Å². The van der Waals surface area contributed by atoms with Crippen molar-refractivity contribution in [3.05, 3.63) is 64.7 Å². The predicted octanol–water partition coefficient (Wildman–Crippen LogP) is 3.86. The summed E-state index contributed by atoms with van der Waals surface area (Å²) in [5, 5.41) is 9.95. The Hall–Kier alpha value is -1.76. The van der Waals surface area contributed by atoms with Crippen LogP contribution < -0.4 is 0 Å². The van der Waals surface area contributed by atoms with Gasteiger partial charge in [0.2, 0.25) is 0 Å². The Kier molecular flexibility index (Phi) is 3.06. The van der Waals surface area contributed by atoms with E-state index in [0.717, 1.165) is 19.3 Å². The molecule has 2 aromatic rings. The van der Waals surface area contributed by atoms with Gasteiger partial charge < -0.3 is 5.11 Å². The van der Waals surface area contributed by atoms with E-state index in [-0.39, 0.29) is 0 Å². The molecule has 0 bridgehead atoms. The van der Waals surface area contributed by atoms with Gasteiger partial charge in [-0.2, -0.15) is 0 Å². The van der Waals surface area contributed by atoms with E-state index in [1.165, 1.54) is 35.1 Å². The lowest BCUT2D eigenvalue weighted by molar-refractivity contribution is 0.461. The Balaban J connectivity index is 1.98. The highest BCUT2D eigenvalue weighted by atomic mass is 16.3. The fraction of sp³-hybridized carbons (Fsp3) is 0.294. The second kappa shape index (κ2) is 4.85. The van der Waals surface area contributed by atoms with E-state index in [9.17, 15) is 5.11 Å². The maximum Gasteiger partial charge on any atom is 0.119 e. The normalized spacial score (nSPS) is 14.2. The van der Waals surface area contributed by atoms with Gasteiger partial charge in [-0.3, -0.25) is 0 Å². The summed E-state index contributed by atoms with van der Waals surface area (Å²) in [5.41, 5.74) is 5.31. The maximum absolute atomic E-state index is 9.95. The number of aromatic hydroxyl groups is 1. The van der Waals surface area contributed by atoms with Crippen molar-refractivity contribution in [1.29, 1.82) is 0 Å². The van der Waals surface area contributed by atoms with E-state index in [4.69, 9.17) is 0 Å². The van der Waals surface area contributed by atoms with Crippen LogP contribution in [0.2, 0.25) is 0 Å². The third-order valence-corrected chi connectivity index (χ3v) is 3.84. The van der Waals surface area contributed by atoms with Crippen LogP contribution in [-0.4, -0.2) is 5.11 Å². The summed E-state index contributed by atoms with van der Waals surface area (Å²) < 4.78 is 0. The molecule has 92 valence electrons. The van der Waals surface area contributed by atoms with E-state index in [1.807, 2.05) is 6.07 Å². The average molecular weight is 238 g/mol. The first-order valence-corrected chi connectivity index (χ1v) is 6.71. The van der Waals surface area contributed by atoms with Crippen LogP contribution >= 0.6 is 0 Å². The Morgan fingerprint density at radius 3 is 2.33 bits per heavy atom. The summed E-state index contributed by atoms with van der Waals surface area (Å²) >= 11 is 0. The zero-order valence-corrected chi connectivity index (χ0v) is 10.5. The molecule has 0 aromatic heterocycles. The second-order valence-corrected chi connectivity index (χ2v) is 5.07. The van der Waals surface area contributed by atoms with Gasteiger partial charge in [-0.15, -0.1) is 0 Å². The van der Waals surface area contributed by atoms with Crippen molar-refractivity contribution in [1.82, 2.24) is 0 Å². The van der Waals surface area contributed by atoms with Crippen molar-refractivity contribution in [3.8, 4) is 5.75 Å². The van der Waals surface area contributed by atoms with Crippen LogP contribution in [0, 0.1) is 0 Å². The lowest BCUT2D eigenvalue weighted by Gasteiger charge is -2.20. The molecule has 0 heterocycles. The fourth-order valence-electron chi connectivity index (χ4n) is 2.90. The first-order valence-electron chi connectivity index (χ1n) is 6.71. The number of phenolic OH excluding ortho intramolecular Hbond substituents is 1. The molecule has 1 nitrogen and oxygen atoms in total. The average Bonchev–Trinajstić information content (AvgIpc) is 2.44. The molecule has 0 fully saturated rings. The zero-order valence-electron chi connectivity index (χ0n) is 10.5. The van der Waals surface area contributed by atoms with Crippen LogP contribution in [0.1, 0.15) is 35.1 Å². The standard InChI is InChI=1S/C17H18O/c18-17-11-10-14(12-13-6-2-1-3-7-13)15-8-4-5-9-16(15)17/h1-3,6-7,10-11,18H,4-5,8-9,12H2. The summed E-state index contributed by atoms with van der Waals surface area (Å²) in [6, 6.07) is 14.5. The van der Waals surface area contributed by atoms with Gasteiger partial charge in [-0.1, -0.05) is 36.4 Å². The number of phenols is 1. The van der Waals surface area contributed by atoms with Gasteiger partial charge in [0.1, 0.15) is 5.75 Å². The van der Waals surface area contributed by atoms with Crippen molar-refractivity contribution in [2.24, 2.45) is 0 Å². The minimum atomic E-state index is 0.488. The Morgan fingerprint density at radius 1 is 0.833 bits per heavy atom. The molecule has 0 atom stereocenters.